The maximum absolute atomic E-state index is 12.0. The predicted molar refractivity (Wildman–Crippen MR) is 77.9 cm³/mol. The molecule has 0 radical (unpaired) electrons. The van der Waals surface area contributed by atoms with Crippen LogP contribution in [0.3, 0.4) is 0 Å². The van der Waals surface area contributed by atoms with E-state index in [1.807, 2.05) is 44.2 Å². The summed E-state index contributed by atoms with van der Waals surface area (Å²) in [5.74, 6) is -0.601. The van der Waals surface area contributed by atoms with Crippen molar-refractivity contribution in [3.63, 3.8) is 0 Å². The molecule has 2 unspecified atom stereocenters. The van der Waals surface area contributed by atoms with Gasteiger partial charge in [-0.15, -0.1) is 0 Å². The Morgan fingerprint density at radius 3 is 2.47 bits per heavy atom. The highest BCUT2D eigenvalue weighted by atomic mass is 16.5. The van der Waals surface area contributed by atoms with Crippen LogP contribution in [0, 0.1) is 5.92 Å². The molecule has 1 aromatic carbocycles. The van der Waals surface area contributed by atoms with Gasteiger partial charge in [0.05, 0.1) is 12.5 Å². The van der Waals surface area contributed by atoms with Crippen LogP contribution < -0.4 is 11.1 Å². The summed E-state index contributed by atoms with van der Waals surface area (Å²) in [6, 6.07) is 9.83. The molecule has 0 aliphatic carbocycles. The van der Waals surface area contributed by atoms with E-state index >= 15 is 0 Å². The van der Waals surface area contributed by atoms with Gasteiger partial charge in [0.1, 0.15) is 0 Å². The number of ether oxygens (including phenoxy) is 1. The van der Waals surface area contributed by atoms with Crippen molar-refractivity contribution in [2.45, 2.75) is 32.7 Å². The van der Waals surface area contributed by atoms with Gasteiger partial charge >= 0.3 is 5.97 Å². The fourth-order valence-electron chi connectivity index (χ4n) is 2.13. The normalized spacial score (nSPS) is 15.4. The Balaban J connectivity index is 2.90. The number of carbonyl (C=O) groups excluding carboxylic acids is 1. The summed E-state index contributed by atoms with van der Waals surface area (Å²) in [6.07, 6.45) is 0.780. The van der Waals surface area contributed by atoms with Gasteiger partial charge in [-0.05, 0) is 32.4 Å². The molecule has 0 heterocycles. The fraction of sp³-hybridized carbons (Fsp3) is 0.533. The third kappa shape index (κ3) is 3.96. The quantitative estimate of drug-likeness (QED) is 0.742. The summed E-state index contributed by atoms with van der Waals surface area (Å²) in [6.45, 7) is 6.50. The number of rotatable bonds is 7. The zero-order chi connectivity index (χ0) is 14.3. The van der Waals surface area contributed by atoms with Crippen molar-refractivity contribution >= 4 is 11.7 Å². The zero-order valence-corrected chi connectivity index (χ0v) is 12.0. The molecule has 0 fully saturated rings. The third-order valence-corrected chi connectivity index (χ3v) is 3.51. The van der Waals surface area contributed by atoms with Gasteiger partial charge in [-0.3, -0.25) is 4.79 Å². The maximum atomic E-state index is 12.0. The van der Waals surface area contributed by atoms with Crippen LogP contribution in [-0.2, 0) is 9.53 Å². The first-order chi connectivity index (χ1) is 9.07. The standard InChI is InChI=1S/C15H24N2O2/c1-4-15(3,13(11-16)14(18)19-5-2)17-12-9-7-6-8-10-12/h6-10,13,17H,4-5,11,16H2,1-3H3. The Hall–Kier alpha value is -1.55. The van der Waals surface area contributed by atoms with Crippen molar-refractivity contribution in [2.24, 2.45) is 11.7 Å². The average molecular weight is 264 g/mol. The lowest BCUT2D eigenvalue weighted by atomic mass is 9.82. The molecule has 4 nitrogen and oxygen atoms in total. The maximum Gasteiger partial charge on any atom is 0.312 e. The lowest BCUT2D eigenvalue weighted by Crippen LogP contribution is -2.50. The molecule has 0 aliphatic heterocycles. The number of esters is 1. The molecule has 0 spiro atoms. The van der Waals surface area contributed by atoms with Crippen molar-refractivity contribution in [1.82, 2.24) is 0 Å². The SMILES string of the molecule is CCOC(=O)C(CN)C(C)(CC)Nc1ccccc1. The molecule has 0 aromatic heterocycles. The predicted octanol–water partition coefficient (Wildman–Crippen LogP) is 2.41. The fourth-order valence-corrected chi connectivity index (χ4v) is 2.13. The highest BCUT2D eigenvalue weighted by molar-refractivity contribution is 5.75. The van der Waals surface area contributed by atoms with Crippen molar-refractivity contribution in [3.8, 4) is 0 Å². The van der Waals surface area contributed by atoms with Crippen molar-refractivity contribution in [2.75, 3.05) is 18.5 Å². The third-order valence-electron chi connectivity index (χ3n) is 3.51. The van der Waals surface area contributed by atoms with Crippen LogP contribution in [0.15, 0.2) is 30.3 Å². The van der Waals surface area contributed by atoms with Crippen LogP contribution in [0.4, 0.5) is 5.69 Å². The molecule has 1 rings (SSSR count). The van der Waals surface area contributed by atoms with Crippen LogP contribution in [0.1, 0.15) is 27.2 Å². The van der Waals surface area contributed by atoms with E-state index in [9.17, 15) is 4.79 Å². The van der Waals surface area contributed by atoms with E-state index in [4.69, 9.17) is 10.5 Å². The molecule has 0 aliphatic rings. The molecule has 0 bridgehead atoms. The smallest absolute Gasteiger partial charge is 0.312 e. The topological polar surface area (TPSA) is 64.3 Å². The highest BCUT2D eigenvalue weighted by Gasteiger charge is 2.37. The van der Waals surface area contributed by atoms with E-state index in [1.165, 1.54) is 0 Å². The molecule has 2 atom stereocenters. The molecule has 0 amide bonds. The van der Waals surface area contributed by atoms with Crippen LogP contribution in [0.2, 0.25) is 0 Å². The zero-order valence-electron chi connectivity index (χ0n) is 12.0. The summed E-state index contributed by atoms with van der Waals surface area (Å²) in [5, 5.41) is 3.41. The van der Waals surface area contributed by atoms with Crippen LogP contribution >= 0.6 is 0 Å². The number of carbonyl (C=O) groups is 1. The number of nitrogens with two attached hydrogens (primary N) is 1. The molecule has 0 saturated carbocycles. The van der Waals surface area contributed by atoms with E-state index in [0.29, 0.717) is 6.61 Å². The van der Waals surface area contributed by atoms with E-state index in [-0.39, 0.29) is 18.4 Å². The van der Waals surface area contributed by atoms with Gasteiger partial charge in [0.25, 0.3) is 0 Å². The minimum atomic E-state index is -0.414. The Morgan fingerprint density at radius 1 is 1.37 bits per heavy atom. The summed E-state index contributed by atoms with van der Waals surface area (Å²) >= 11 is 0. The lowest BCUT2D eigenvalue weighted by Gasteiger charge is -2.36. The Kier molecular flexibility index (Phi) is 5.83. The van der Waals surface area contributed by atoms with Crippen molar-refractivity contribution < 1.29 is 9.53 Å². The minimum absolute atomic E-state index is 0.238. The number of benzene rings is 1. The second kappa shape index (κ2) is 7.14. The Labute approximate surface area is 115 Å². The van der Waals surface area contributed by atoms with Gasteiger partial charge in [0.2, 0.25) is 0 Å². The lowest BCUT2D eigenvalue weighted by molar-refractivity contribution is -0.149. The molecular weight excluding hydrogens is 240 g/mol. The summed E-state index contributed by atoms with van der Waals surface area (Å²) < 4.78 is 5.12. The number of para-hydroxylation sites is 1. The largest absolute Gasteiger partial charge is 0.466 e. The monoisotopic (exact) mass is 264 g/mol. The number of nitrogens with one attached hydrogen (secondary N) is 1. The van der Waals surface area contributed by atoms with E-state index < -0.39 is 5.54 Å². The van der Waals surface area contributed by atoms with Gasteiger partial charge in [0.15, 0.2) is 0 Å². The van der Waals surface area contributed by atoms with Gasteiger partial charge in [-0.25, -0.2) is 0 Å². The van der Waals surface area contributed by atoms with Crippen molar-refractivity contribution in [1.29, 1.82) is 0 Å². The van der Waals surface area contributed by atoms with E-state index in [0.717, 1.165) is 12.1 Å². The molecule has 0 saturated heterocycles. The first-order valence-electron chi connectivity index (χ1n) is 6.77. The van der Waals surface area contributed by atoms with Gasteiger partial charge in [-0.1, -0.05) is 25.1 Å². The summed E-state index contributed by atoms with van der Waals surface area (Å²) in [5.41, 5.74) is 6.35. The molecule has 19 heavy (non-hydrogen) atoms. The summed E-state index contributed by atoms with van der Waals surface area (Å²) in [4.78, 5) is 12.0. The number of hydrogen-bond acceptors (Lipinski definition) is 4. The number of anilines is 1. The highest BCUT2D eigenvalue weighted by Crippen LogP contribution is 2.27. The van der Waals surface area contributed by atoms with Gasteiger partial charge in [-0.2, -0.15) is 0 Å². The van der Waals surface area contributed by atoms with Crippen LogP contribution in [0.25, 0.3) is 0 Å². The second-order valence-electron chi connectivity index (χ2n) is 4.80. The van der Waals surface area contributed by atoms with E-state index in [1.54, 1.807) is 6.92 Å². The molecule has 3 N–H and O–H groups in total. The van der Waals surface area contributed by atoms with Gasteiger partial charge in [0, 0.05) is 17.8 Å². The molecule has 106 valence electrons. The molecule has 1 aromatic rings. The van der Waals surface area contributed by atoms with E-state index in [2.05, 4.69) is 5.32 Å². The minimum Gasteiger partial charge on any atom is -0.466 e. The van der Waals surface area contributed by atoms with Crippen molar-refractivity contribution in [3.05, 3.63) is 30.3 Å². The first-order valence-corrected chi connectivity index (χ1v) is 6.77. The molecule has 4 heteroatoms. The summed E-state index contributed by atoms with van der Waals surface area (Å²) in [7, 11) is 0. The number of hydrogen-bond donors (Lipinski definition) is 2. The Bertz CT molecular complexity index is 394. The second-order valence-corrected chi connectivity index (χ2v) is 4.80. The Morgan fingerprint density at radius 2 is 2.00 bits per heavy atom. The average Bonchev–Trinajstić information content (AvgIpc) is 2.41. The van der Waals surface area contributed by atoms with Gasteiger partial charge < -0.3 is 15.8 Å². The molecular formula is C15H24N2O2. The van der Waals surface area contributed by atoms with Crippen LogP contribution in [0.5, 0.6) is 0 Å². The first kappa shape index (κ1) is 15.5. The van der Waals surface area contributed by atoms with Crippen LogP contribution in [-0.4, -0.2) is 24.7 Å².